The minimum Gasteiger partial charge on any atom is -0.497 e. The van der Waals surface area contributed by atoms with Crippen LogP contribution in [-0.2, 0) is 4.79 Å². The van der Waals surface area contributed by atoms with E-state index in [0.717, 1.165) is 11.5 Å². The Morgan fingerprint density at radius 2 is 2.10 bits per heavy atom. The Bertz CT molecular complexity index is 436. The SMILES string of the molecule is CCNC(C)(CCCOc1cccc(OC)c1)C(=O)O. The van der Waals surface area contributed by atoms with E-state index in [1.807, 2.05) is 25.1 Å². The van der Waals surface area contributed by atoms with Crippen molar-refractivity contribution in [2.45, 2.75) is 32.2 Å². The van der Waals surface area contributed by atoms with Gasteiger partial charge in [0.25, 0.3) is 0 Å². The van der Waals surface area contributed by atoms with Gasteiger partial charge in [-0.15, -0.1) is 0 Å². The van der Waals surface area contributed by atoms with Crippen LogP contribution in [-0.4, -0.2) is 36.9 Å². The molecule has 0 aromatic heterocycles. The number of nitrogens with one attached hydrogen (secondary N) is 1. The first-order valence-electron chi connectivity index (χ1n) is 6.77. The maximum absolute atomic E-state index is 11.2. The zero-order chi connectivity index (χ0) is 15.0. The van der Waals surface area contributed by atoms with E-state index >= 15 is 0 Å². The highest BCUT2D eigenvalue weighted by Crippen LogP contribution is 2.20. The number of carbonyl (C=O) groups is 1. The number of aliphatic carboxylic acids is 1. The summed E-state index contributed by atoms with van der Waals surface area (Å²) >= 11 is 0. The summed E-state index contributed by atoms with van der Waals surface area (Å²) in [5, 5.41) is 12.2. The quantitative estimate of drug-likeness (QED) is 0.680. The molecule has 0 saturated heterocycles. The molecule has 1 aromatic carbocycles. The molecule has 0 aliphatic rings. The van der Waals surface area contributed by atoms with Crippen LogP contribution in [0.15, 0.2) is 24.3 Å². The number of carboxylic acid groups (broad SMARTS) is 1. The van der Waals surface area contributed by atoms with Crippen molar-refractivity contribution in [3.8, 4) is 11.5 Å². The Labute approximate surface area is 119 Å². The van der Waals surface area contributed by atoms with Gasteiger partial charge < -0.3 is 19.9 Å². The Morgan fingerprint density at radius 1 is 1.40 bits per heavy atom. The van der Waals surface area contributed by atoms with E-state index < -0.39 is 11.5 Å². The minimum atomic E-state index is -0.896. The molecule has 0 aliphatic carbocycles. The predicted octanol–water partition coefficient (Wildman–Crippen LogP) is 2.31. The van der Waals surface area contributed by atoms with Crippen molar-refractivity contribution in [2.75, 3.05) is 20.3 Å². The molecule has 5 nitrogen and oxygen atoms in total. The highest BCUT2D eigenvalue weighted by molar-refractivity contribution is 5.78. The van der Waals surface area contributed by atoms with Crippen molar-refractivity contribution in [3.63, 3.8) is 0 Å². The normalized spacial score (nSPS) is 13.6. The first-order valence-corrected chi connectivity index (χ1v) is 6.77. The molecule has 0 bridgehead atoms. The first-order chi connectivity index (χ1) is 9.51. The van der Waals surface area contributed by atoms with Crippen LogP contribution >= 0.6 is 0 Å². The molecule has 0 heterocycles. The third kappa shape index (κ3) is 4.74. The number of ether oxygens (including phenoxy) is 2. The van der Waals surface area contributed by atoms with E-state index in [9.17, 15) is 9.90 Å². The monoisotopic (exact) mass is 281 g/mol. The van der Waals surface area contributed by atoms with Crippen LogP contribution in [0, 0.1) is 0 Å². The van der Waals surface area contributed by atoms with Crippen LogP contribution in [0.3, 0.4) is 0 Å². The standard InChI is InChI=1S/C15H23NO4/c1-4-16-15(2,14(17)18)9-6-10-20-13-8-5-7-12(11-13)19-3/h5,7-8,11,16H,4,6,9-10H2,1-3H3,(H,17,18). The lowest BCUT2D eigenvalue weighted by Gasteiger charge is -2.25. The van der Waals surface area contributed by atoms with Crippen LogP contribution in [0.5, 0.6) is 11.5 Å². The summed E-state index contributed by atoms with van der Waals surface area (Å²) < 4.78 is 10.7. The molecule has 5 heteroatoms. The maximum Gasteiger partial charge on any atom is 0.323 e. The molecule has 0 amide bonds. The van der Waals surface area contributed by atoms with Crippen molar-refractivity contribution in [3.05, 3.63) is 24.3 Å². The number of benzene rings is 1. The van der Waals surface area contributed by atoms with Gasteiger partial charge in [0.15, 0.2) is 0 Å². The zero-order valence-electron chi connectivity index (χ0n) is 12.3. The van der Waals surface area contributed by atoms with Crippen molar-refractivity contribution >= 4 is 5.97 Å². The average molecular weight is 281 g/mol. The Balaban J connectivity index is 2.42. The van der Waals surface area contributed by atoms with Gasteiger partial charge in [0, 0.05) is 6.07 Å². The molecule has 0 spiro atoms. The van der Waals surface area contributed by atoms with E-state index in [-0.39, 0.29) is 0 Å². The molecule has 0 saturated carbocycles. The number of hydrogen-bond donors (Lipinski definition) is 2. The Hall–Kier alpha value is -1.75. The molecular weight excluding hydrogens is 258 g/mol. The van der Waals surface area contributed by atoms with E-state index in [4.69, 9.17) is 9.47 Å². The summed E-state index contributed by atoms with van der Waals surface area (Å²) in [4.78, 5) is 11.2. The summed E-state index contributed by atoms with van der Waals surface area (Å²) in [6.45, 7) is 4.69. The van der Waals surface area contributed by atoms with Gasteiger partial charge in [0.1, 0.15) is 17.0 Å². The topological polar surface area (TPSA) is 67.8 Å². The third-order valence-electron chi connectivity index (χ3n) is 3.17. The molecule has 1 unspecified atom stereocenters. The minimum absolute atomic E-state index is 0.474. The van der Waals surface area contributed by atoms with Gasteiger partial charge in [-0.3, -0.25) is 4.79 Å². The zero-order valence-corrected chi connectivity index (χ0v) is 12.3. The molecule has 0 aliphatic heterocycles. The second-order valence-electron chi connectivity index (χ2n) is 4.80. The molecule has 0 radical (unpaired) electrons. The lowest BCUT2D eigenvalue weighted by atomic mass is 9.96. The van der Waals surface area contributed by atoms with Crippen molar-refractivity contribution in [2.24, 2.45) is 0 Å². The second-order valence-corrected chi connectivity index (χ2v) is 4.80. The van der Waals surface area contributed by atoms with E-state index in [2.05, 4.69) is 5.32 Å². The van der Waals surface area contributed by atoms with Crippen molar-refractivity contribution in [1.29, 1.82) is 0 Å². The fourth-order valence-electron chi connectivity index (χ4n) is 1.97. The van der Waals surface area contributed by atoms with Crippen molar-refractivity contribution < 1.29 is 19.4 Å². The van der Waals surface area contributed by atoms with E-state index in [1.54, 1.807) is 20.1 Å². The van der Waals surface area contributed by atoms with Gasteiger partial charge in [0.05, 0.1) is 13.7 Å². The van der Waals surface area contributed by atoms with Gasteiger partial charge in [0.2, 0.25) is 0 Å². The Kier molecular flexibility index (Phi) is 6.31. The number of likely N-dealkylation sites (N-methyl/N-ethyl adjacent to an activating group) is 1. The largest absolute Gasteiger partial charge is 0.497 e. The summed E-state index contributed by atoms with van der Waals surface area (Å²) in [5.41, 5.74) is -0.896. The number of methoxy groups -OCH3 is 1. The number of rotatable bonds is 9. The van der Waals surface area contributed by atoms with Gasteiger partial charge in [-0.2, -0.15) is 0 Å². The molecule has 20 heavy (non-hydrogen) atoms. The molecule has 0 fully saturated rings. The molecule has 112 valence electrons. The molecular formula is C15H23NO4. The summed E-state index contributed by atoms with van der Waals surface area (Å²) in [6, 6.07) is 7.36. The van der Waals surface area contributed by atoms with Gasteiger partial charge >= 0.3 is 5.97 Å². The van der Waals surface area contributed by atoms with Gasteiger partial charge in [-0.05, 0) is 38.4 Å². The van der Waals surface area contributed by atoms with E-state index in [0.29, 0.717) is 26.0 Å². The average Bonchev–Trinajstić information content (AvgIpc) is 2.44. The second kappa shape index (κ2) is 7.75. The highest BCUT2D eigenvalue weighted by Gasteiger charge is 2.31. The van der Waals surface area contributed by atoms with Crippen molar-refractivity contribution in [1.82, 2.24) is 5.32 Å². The predicted molar refractivity (Wildman–Crippen MR) is 77.4 cm³/mol. The highest BCUT2D eigenvalue weighted by atomic mass is 16.5. The summed E-state index contributed by atoms with van der Waals surface area (Å²) in [5.74, 6) is 0.635. The van der Waals surface area contributed by atoms with Gasteiger partial charge in [-0.1, -0.05) is 13.0 Å². The molecule has 1 aromatic rings. The summed E-state index contributed by atoms with van der Waals surface area (Å²) in [6.07, 6.45) is 1.17. The van der Waals surface area contributed by atoms with Crippen LogP contribution in [0.4, 0.5) is 0 Å². The lowest BCUT2D eigenvalue weighted by Crippen LogP contribution is -2.49. The number of carboxylic acids is 1. The Morgan fingerprint density at radius 3 is 2.70 bits per heavy atom. The lowest BCUT2D eigenvalue weighted by molar-refractivity contribution is -0.144. The van der Waals surface area contributed by atoms with Crippen LogP contribution in [0.1, 0.15) is 26.7 Å². The molecule has 1 atom stereocenters. The van der Waals surface area contributed by atoms with Crippen LogP contribution in [0.2, 0.25) is 0 Å². The van der Waals surface area contributed by atoms with Crippen LogP contribution in [0.25, 0.3) is 0 Å². The van der Waals surface area contributed by atoms with Gasteiger partial charge in [-0.25, -0.2) is 0 Å². The fraction of sp³-hybridized carbons (Fsp3) is 0.533. The maximum atomic E-state index is 11.2. The number of hydrogen-bond acceptors (Lipinski definition) is 4. The first kappa shape index (κ1) is 16.3. The fourth-order valence-corrected chi connectivity index (χ4v) is 1.97. The molecule has 2 N–H and O–H groups in total. The smallest absolute Gasteiger partial charge is 0.323 e. The van der Waals surface area contributed by atoms with Crippen LogP contribution < -0.4 is 14.8 Å². The third-order valence-corrected chi connectivity index (χ3v) is 3.17. The summed E-state index contributed by atoms with van der Waals surface area (Å²) in [7, 11) is 1.60. The molecule has 1 rings (SSSR count). The van der Waals surface area contributed by atoms with E-state index in [1.165, 1.54) is 0 Å².